The lowest BCUT2D eigenvalue weighted by molar-refractivity contribution is -0.120. The zero-order valence-corrected chi connectivity index (χ0v) is 10.0. The summed E-state index contributed by atoms with van der Waals surface area (Å²) in [6.07, 6.45) is 0.707. The van der Waals surface area contributed by atoms with Crippen molar-refractivity contribution in [2.45, 2.75) is 19.1 Å². The maximum Gasteiger partial charge on any atom is 0.224 e. The molecular weight excluding hydrogens is 237 g/mol. The van der Waals surface area contributed by atoms with Crippen molar-refractivity contribution in [3.63, 3.8) is 0 Å². The second kappa shape index (κ2) is 6.47. The third-order valence-electron chi connectivity index (χ3n) is 2.67. The van der Waals surface area contributed by atoms with Crippen LogP contribution in [-0.4, -0.2) is 32.0 Å². The number of halogens is 1. The van der Waals surface area contributed by atoms with Gasteiger partial charge in [-0.3, -0.25) is 4.79 Å². The topological polar surface area (TPSA) is 47.6 Å². The first-order valence-electron chi connectivity index (χ1n) is 5.98. The highest BCUT2D eigenvalue weighted by Crippen LogP contribution is 2.07. The average Bonchev–Trinajstić information content (AvgIpc) is 2.85. The fourth-order valence-corrected chi connectivity index (χ4v) is 1.75. The van der Waals surface area contributed by atoms with Gasteiger partial charge < -0.3 is 14.8 Å². The molecule has 98 valence electrons. The molecule has 0 spiro atoms. The third-order valence-corrected chi connectivity index (χ3v) is 2.67. The summed E-state index contributed by atoms with van der Waals surface area (Å²) in [5.74, 6) is -0.380. The molecule has 1 amide bonds. The second-order valence-electron chi connectivity index (χ2n) is 4.11. The van der Waals surface area contributed by atoms with E-state index in [9.17, 15) is 9.18 Å². The number of hydrogen-bond donors (Lipinski definition) is 1. The van der Waals surface area contributed by atoms with Crippen molar-refractivity contribution >= 4 is 5.91 Å². The molecule has 1 fully saturated rings. The van der Waals surface area contributed by atoms with Crippen molar-refractivity contribution < 1.29 is 18.7 Å². The highest BCUT2D eigenvalue weighted by molar-refractivity contribution is 5.78. The molecule has 1 aliphatic heterocycles. The van der Waals surface area contributed by atoms with E-state index in [-0.39, 0.29) is 24.4 Å². The van der Waals surface area contributed by atoms with Gasteiger partial charge in [0.15, 0.2) is 6.29 Å². The van der Waals surface area contributed by atoms with Crippen molar-refractivity contribution in [3.05, 3.63) is 35.6 Å². The first-order chi connectivity index (χ1) is 8.74. The van der Waals surface area contributed by atoms with Crippen LogP contribution in [0.2, 0.25) is 0 Å². The van der Waals surface area contributed by atoms with Gasteiger partial charge in [0.1, 0.15) is 5.82 Å². The van der Waals surface area contributed by atoms with Crippen LogP contribution in [0.5, 0.6) is 0 Å². The predicted molar refractivity (Wildman–Crippen MR) is 63.4 cm³/mol. The summed E-state index contributed by atoms with van der Waals surface area (Å²) < 4.78 is 23.2. The molecule has 0 atom stereocenters. The molecule has 0 saturated carbocycles. The Hall–Kier alpha value is -1.46. The normalized spacial score (nSPS) is 15.8. The van der Waals surface area contributed by atoms with Gasteiger partial charge in [0, 0.05) is 13.0 Å². The smallest absolute Gasteiger partial charge is 0.224 e. The Morgan fingerprint density at radius 3 is 2.61 bits per heavy atom. The number of hydrogen-bond acceptors (Lipinski definition) is 3. The number of amides is 1. The summed E-state index contributed by atoms with van der Waals surface area (Å²) >= 11 is 0. The SMILES string of the molecule is O=C(Cc1ccc(F)cc1)NCCC1OCCO1. The van der Waals surface area contributed by atoms with E-state index in [0.717, 1.165) is 5.56 Å². The monoisotopic (exact) mass is 253 g/mol. The van der Waals surface area contributed by atoms with E-state index >= 15 is 0 Å². The molecule has 1 aliphatic rings. The average molecular weight is 253 g/mol. The Balaban J connectivity index is 1.66. The van der Waals surface area contributed by atoms with Crippen molar-refractivity contribution in [1.82, 2.24) is 5.32 Å². The second-order valence-corrected chi connectivity index (χ2v) is 4.11. The van der Waals surface area contributed by atoms with Crippen LogP contribution in [0.3, 0.4) is 0 Å². The largest absolute Gasteiger partial charge is 0.356 e. The van der Waals surface area contributed by atoms with Crippen LogP contribution in [0.4, 0.5) is 4.39 Å². The van der Waals surface area contributed by atoms with E-state index < -0.39 is 0 Å². The fraction of sp³-hybridized carbons (Fsp3) is 0.462. The van der Waals surface area contributed by atoms with Crippen LogP contribution in [0.15, 0.2) is 24.3 Å². The molecule has 1 aromatic carbocycles. The van der Waals surface area contributed by atoms with E-state index in [4.69, 9.17) is 9.47 Å². The van der Waals surface area contributed by atoms with Crippen molar-refractivity contribution in [1.29, 1.82) is 0 Å². The molecule has 18 heavy (non-hydrogen) atoms. The summed E-state index contributed by atoms with van der Waals surface area (Å²) in [4.78, 5) is 11.6. The Bertz CT molecular complexity index is 388. The summed E-state index contributed by atoms with van der Waals surface area (Å²) in [5, 5.41) is 2.78. The quantitative estimate of drug-likeness (QED) is 0.859. The van der Waals surface area contributed by atoms with Gasteiger partial charge in [0.2, 0.25) is 5.91 Å². The number of carbonyl (C=O) groups is 1. The van der Waals surface area contributed by atoms with E-state index in [0.29, 0.717) is 26.2 Å². The number of ether oxygens (including phenoxy) is 2. The zero-order valence-electron chi connectivity index (χ0n) is 10.0. The van der Waals surface area contributed by atoms with Gasteiger partial charge in [-0.05, 0) is 17.7 Å². The Labute approximate surface area is 105 Å². The third kappa shape index (κ3) is 4.09. The Morgan fingerprint density at radius 2 is 1.94 bits per heavy atom. The van der Waals surface area contributed by atoms with Gasteiger partial charge in [-0.1, -0.05) is 12.1 Å². The molecule has 0 aromatic heterocycles. The highest BCUT2D eigenvalue weighted by Gasteiger charge is 2.15. The van der Waals surface area contributed by atoms with Crippen LogP contribution in [0.1, 0.15) is 12.0 Å². The highest BCUT2D eigenvalue weighted by atomic mass is 19.1. The van der Waals surface area contributed by atoms with Crippen molar-refractivity contribution in [2.24, 2.45) is 0 Å². The van der Waals surface area contributed by atoms with Crippen molar-refractivity contribution in [2.75, 3.05) is 19.8 Å². The summed E-state index contributed by atoms with van der Waals surface area (Å²) in [7, 11) is 0. The first-order valence-corrected chi connectivity index (χ1v) is 5.98. The minimum Gasteiger partial charge on any atom is -0.356 e. The maximum atomic E-state index is 12.7. The predicted octanol–water partition coefficient (Wildman–Crippen LogP) is 1.25. The number of benzene rings is 1. The first kappa shape index (κ1) is 13.0. The van der Waals surface area contributed by atoms with Gasteiger partial charge >= 0.3 is 0 Å². The molecule has 0 unspecified atom stereocenters. The molecule has 0 bridgehead atoms. The van der Waals surface area contributed by atoms with E-state index in [1.807, 2.05) is 0 Å². The lowest BCUT2D eigenvalue weighted by Crippen LogP contribution is -2.28. The van der Waals surface area contributed by atoms with Crippen LogP contribution in [0.25, 0.3) is 0 Å². The standard InChI is InChI=1S/C13H16FNO3/c14-11-3-1-10(2-4-11)9-12(16)15-6-5-13-17-7-8-18-13/h1-4,13H,5-9H2,(H,15,16). The molecule has 1 saturated heterocycles. The van der Waals surface area contributed by atoms with Crippen LogP contribution in [-0.2, 0) is 20.7 Å². The molecule has 0 aliphatic carbocycles. The summed E-state index contributed by atoms with van der Waals surface area (Å²) in [5.41, 5.74) is 0.794. The lowest BCUT2D eigenvalue weighted by atomic mass is 10.1. The molecule has 5 heteroatoms. The van der Waals surface area contributed by atoms with E-state index in [2.05, 4.69) is 5.32 Å². The minimum absolute atomic E-state index is 0.0837. The number of carbonyl (C=O) groups excluding carboxylic acids is 1. The summed E-state index contributed by atoms with van der Waals surface area (Å²) in [6.45, 7) is 1.76. The van der Waals surface area contributed by atoms with Gasteiger partial charge in [0.25, 0.3) is 0 Å². The lowest BCUT2D eigenvalue weighted by Gasteiger charge is -2.09. The Kier molecular flexibility index (Phi) is 4.66. The Morgan fingerprint density at radius 1 is 1.28 bits per heavy atom. The molecule has 4 nitrogen and oxygen atoms in total. The van der Waals surface area contributed by atoms with Gasteiger partial charge in [0.05, 0.1) is 19.6 Å². The maximum absolute atomic E-state index is 12.7. The van der Waals surface area contributed by atoms with Crippen LogP contribution >= 0.6 is 0 Å². The molecule has 1 heterocycles. The molecule has 0 radical (unpaired) electrons. The van der Waals surface area contributed by atoms with Crippen molar-refractivity contribution in [3.8, 4) is 0 Å². The number of nitrogens with one attached hydrogen (secondary N) is 1. The zero-order chi connectivity index (χ0) is 12.8. The summed E-state index contributed by atoms with van der Waals surface area (Å²) in [6, 6.07) is 5.92. The van der Waals surface area contributed by atoms with Crippen LogP contribution in [0, 0.1) is 5.82 Å². The molecular formula is C13H16FNO3. The van der Waals surface area contributed by atoms with E-state index in [1.54, 1.807) is 12.1 Å². The number of rotatable bonds is 5. The molecule has 1 aromatic rings. The molecule has 2 rings (SSSR count). The van der Waals surface area contributed by atoms with Gasteiger partial charge in [-0.25, -0.2) is 4.39 Å². The fourth-order valence-electron chi connectivity index (χ4n) is 1.75. The molecule has 1 N–H and O–H groups in total. The van der Waals surface area contributed by atoms with Crippen LogP contribution < -0.4 is 5.32 Å². The minimum atomic E-state index is -0.297. The van der Waals surface area contributed by atoms with E-state index in [1.165, 1.54) is 12.1 Å². The van der Waals surface area contributed by atoms with Gasteiger partial charge in [-0.15, -0.1) is 0 Å². The van der Waals surface area contributed by atoms with Gasteiger partial charge in [-0.2, -0.15) is 0 Å².